The van der Waals surface area contributed by atoms with Gasteiger partial charge >= 0.3 is 0 Å². The number of ether oxygens (including phenoxy) is 3. The van der Waals surface area contributed by atoms with Gasteiger partial charge in [0.15, 0.2) is 11.5 Å². The molecule has 2 rings (SSSR count). The van der Waals surface area contributed by atoms with E-state index < -0.39 is 28.5 Å². The predicted molar refractivity (Wildman–Crippen MR) is 147 cm³/mol. The summed E-state index contributed by atoms with van der Waals surface area (Å²) >= 11 is 0. The highest BCUT2D eigenvalue weighted by Crippen LogP contribution is 2.32. The minimum Gasteiger partial charge on any atom is -0.497 e. The molecule has 0 aliphatic heterocycles. The summed E-state index contributed by atoms with van der Waals surface area (Å²) in [5.41, 5.74) is 1.01. The van der Waals surface area contributed by atoms with Gasteiger partial charge < -0.3 is 24.4 Å². The van der Waals surface area contributed by atoms with Crippen LogP contribution in [0.5, 0.6) is 17.2 Å². The molecule has 1 atom stereocenters. The van der Waals surface area contributed by atoms with Crippen LogP contribution in [0.15, 0.2) is 42.5 Å². The summed E-state index contributed by atoms with van der Waals surface area (Å²) in [6, 6.07) is 11.0. The van der Waals surface area contributed by atoms with E-state index in [-0.39, 0.29) is 18.1 Å². The Balaban J connectivity index is 2.45. The van der Waals surface area contributed by atoms with Crippen LogP contribution >= 0.6 is 0 Å². The van der Waals surface area contributed by atoms with Crippen molar-refractivity contribution in [3.63, 3.8) is 0 Å². The summed E-state index contributed by atoms with van der Waals surface area (Å²) in [4.78, 5) is 28.3. The summed E-state index contributed by atoms with van der Waals surface area (Å²) < 4.78 is 42.4. The van der Waals surface area contributed by atoms with Crippen molar-refractivity contribution in [1.29, 1.82) is 0 Å². The molecule has 10 nitrogen and oxygen atoms in total. The molecule has 0 fully saturated rings. The van der Waals surface area contributed by atoms with E-state index in [1.807, 2.05) is 26.0 Å². The number of hydrogen-bond acceptors (Lipinski definition) is 7. The second-order valence-corrected chi connectivity index (χ2v) is 10.7. The predicted octanol–water partition coefficient (Wildman–Crippen LogP) is 3.20. The van der Waals surface area contributed by atoms with E-state index in [9.17, 15) is 18.0 Å². The quantitative estimate of drug-likeness (QED) is 0.339. The first-order valence-corrected chi connectivity index (χ1v) is 14.3. The lowest BCUT2D eigenvalue weighted by atomic mass is 10.1. The van der Waals surface area contributed by atoms with Gasteiger partial charge in [-0.25, -0.2) is 8.42 Å². The van der Waals surface area contributed by atoms with E-state index in [2.05, 4.69) is 5.32 Å². The molecule has 210 valence electrons. The Kier molecular flexibility index (Phi) is 11.7. The van der Waals surface area contributed by atoms with Gasteiger partial charge in [-0.05, 0) is 42.7 Å². The summed E-state index contributed by atoms with van der Waals surface area (Å²) in [5, 5.41) is 2.90. The number of rotatable bonds is 15. The number of nitrogens with zero attached hydrogens (tertiary/aromatic N) is 2. The van der Waals surface area contributed by atoms with Crippen LogP contribution in [0.3, 0.4) is 0 Å². The van der Waals surface area contributed by atoms with Gasteiger partial charge in [0.05, 0.1) is 33.3 Å². The number of methoxy groups -OCH3 is 3. The fourth-order valence-electron chi connectivity index (χ4n) is 3.95. The molecular formula is C27H39N3O7S. The molecule has 0 spiro atoms. The van der Waals surface area contributed by atoms with Crippen LogP contribution in [0.4, 0.5) is 5.69 Å². The Morgan fingerprint density at radius 1 is 0.947 bits per heavy atom. The third kappa shape index (κ3) is 8.27. The van der Waals surface area contributed by atoms with Crippen molar-refractivity contribution in [2.75, 3.05) is 45.0 Å². The Morgan fingerprint density at radius 2 is 1.61 bits per heavy atom. The topological polar surface area (TPSA) is 114 Å². The maximum atomic E-state index is 13.8. The molecule has 2 aromatic rings. The third-order valence-corrected chi connectivity index (χ3v) is 7.20. The zero-order valence-corrected chi connectivity index (χ0v) is 23.8. The number of sulfonamides is 1. The van der Waals surface area contributed by atoms with Crippen LogP contribution in [0.1, 0.15) is 38.7 Å². The van der Waals surface area contributed by atoms with Crippen molar-refractivity contribution in [3.8, 4) is 17.2 Å². The minimum atomic E-state index is -3.87. The SMILES string of the molecule is CCCCNC(=O)[C@H](CC)N(Cc1ccc(OC)cc1)C(=O)CN(c1ccc(OC)c(OC)c1)S(C)(=O)=O. The maximum Gasteiger partial charge on any atom is 0.244 e. The molecular weight excluding hydrogens is 510 g/mol. The standard InChI is InChI=1S/C27H39N3O7S/c1-7-9-16-28-27(32)23(8-2)29(18-20-10-13-22(35-3)14-11-20)26(31)19-30(38(6,33)34)21-12-15-24(36-4)25(17-21)37-5/h10-15,17,23H,7-9,16,18-19H2,1-6H3,(H,28,32)/t23-/m0/s1. The van der Waals surface area contributed by atoms with Gasteiger partial charge in [-0.15, -0.1) is 0 Å². The molecule has 0 radical (unpaired) electrons. The second-order valence-electron chi connectivity index (χ2n) is 8.75. The number of anilines is 1. The number of hydrogen-bond donors (Lipinski definition) is 1. The first kappa shape index (κ1) is 30.8. The van der Waals surface area contributed by atoms with Gasteiger partial charge in [-0.1, -0.05) is 32.4 Å². The highest BCUT2D eigenvalue weighted by Gasteiger charge is 2.32. The number of unbranched alkanes of at least 4 members (excludes halogenated alkanes) is 1. The Hall–Kier alpha value is -3.47. The van der Waals surface area contributed by atoms with Gasteiger partial charge in [0, 0.05) is 19.2 Å². The van der Waals surface area contributed by atoms with E-state index in [1.54, 1.807) is 25.3 Å². The lowest BCUT2D eigenvalue weighted by Crippen LogP contribution is -2.52. The van der Waals surface area contributed by atoms with Crippen molar-refractivity contribution in [3.05, 3.63) is 48.0 Å². The van der Waals surface area contributed by atoms with Crippen LogP contribution in [-0.2, 0) is 26.2 Å². The van der Waals surface area contributed by atoms with Crippen molar-refractivity contribution in [2.45, 2.75) is 45.7 Å². The molecule has 0 heterocycles. The molecule has 0 saturated heterocycles. The molecule has 0 saturated carbocycles. The molecule has 0 aliphatic carbocycles. The zero-order chi connectivity index (χ0) is 28.3. The van der Waals surface area contributed by atoms with Gasteiger partial charge in [0.2, 0.25) is 21.8 Å². The van der Waals surface area contributed by atoms with E-state index in [0.29, 0.717) is 30.2 Å². The number of carbonyl (C=O) groups is 2. The molecule has 38 heavy (non-hydrogen) atoms. The lowest BCUT2D eigenvalue weighted by Gasteiger charge is -2.33. The highest BCUT2D eigenvalue weighted by molar-refractivity contribution is 7.92. The summed E-state index contributed by atoms with van der Waals surface area (Å²) in [5.74, 6) is 0.612. The summed E-state index contributed by atoms with van der Waals surface area (Å²) in [7, 11) is 0.608. The van der Waals surface area contributed by atoms with E-state index in [4.69, 9.17) is 14.2 Å². The molecule has 0 bridgehead atoms. The minimum absolute atomic E-state index is 0.117. The highest BCUT2D eigenvalue weighted by atomic mass is 32.2. The number of benzene rings is 2. The Bertz CT molecular complexity index is 1170. The Morgan fingerprint density at radius 3 is 2.13 bits per heavy atom. The third-order valence-electron chi connectivity index (χ3n) is 6.06. The number of carbonyl (C=O) groups excluding carboxylic acids is 2. The van der Waals surface area contributed by atoms with Gasteiger partial charge in [-0.2, -0.15) is 0 Å². The first-order chi connectivity index (χ1) is 18.1. The van der Waals surface area contributed by atoms with Gasteiger partial charge in [0.25, 0.3) is 0 Å². The van der Waals surface area contributed by atoms with Gasteiger partial charge in [-0.3, -0.25) is 13.9 Å². The molecule has 2 amide bonds. The monoisotopic (exact) mass is 549 g/mol. The van der Waals surface area contributed by atoms with E-state index in [1.165, 1.54) is 31.3 Å². The maximum absolute atomic E-state index is 13.8. The van der Waals surface area contributed by atoms with Gasteiger partial charge in [0.1, 0.15) is 18.3 Å². The molecule has 0 aliphatic rings. The fourth-order valence-corrected chi connectivity index (χ4v) is 4.79. The van der Waals surface area contributed by atoms with Crippen molar-refractivity contribution in [1.82, 2.24) is 10.2 Å². The zero-order valence-electron chi connectivity index (χ0n) is 23.0. The normalized spacial score (nSPS) is 11.8. The van der Waals surface area contributed by atoms with Crippen LogP contribution in [0.25, 0.3) is 0 Å². The fraction of sp³-hybridized carbons (Fsp3) is 0.481. The number of nitrogens with one attached hydrogen (secondary N) is 1. The average molecular weight is 550 g/mol. The van der Waals surface area contributed by atoms with Crippen LogP contribution in [0.2, 0.25) is 0 Å². The molecule has 2 aromatic carbocycles. The lowest BCUT2D eigenvalue weighted by molar-refractivity contribution is -0.140. The van der Waals surface area contributed by atoms with Crippen molar-refractivity contribution >= 4 is 27.5 Å². The van der Waals surface area contributed by atoms with Crippen molar-refractivity contribution in [2.24, 2.45) is 0 Å². The second kappa shape index (κ2) is 14.5. The largest absolute Gasteiger partial charge is 0.497 e. The smallest absolute Gasteiger partial charge is 0.244 e. The van der Waals surface area contributed by atoms with Crippen LogP contribution < -0.4 is 23.8 Å². The van der Waals surface area contributed by atoms with E-state index >= 15 is 0 Å². The molecule has 1 N–H and O–H groups in total. The molecule has 0 aromatic heterocycles. The average Bonchev–Trinajstić information content (AvgIpc) is 2.90. The van der Waals surface area contributed by atoms with Crippen LogP contribution in [0, 0.1) is 0 Å². The van der Waals surface area contributed by atoms with E-state index in [0.717, 1.165) is 29.0 Å². The Labute approximate surface area is 225 Å². The molecule has 0 unspecified atom stereocenters. The number of amides is 2. The first-order valence-electron chi connectivity index (χ1n) is 12.5. The van der Waals surface area contributed by atoms with Crippen molar-refractivity contribution < 1.29 is 32.2 Å². The van der Waals surface area contributed by atoms with Crippen LogP contribution in [-0.4, -0.2) is 71.8 Å². The summed E-state index contributed by atoms with van der Waals surface area (Å²) in [6.45, 7) is 3.96. The summed E-state index contributed by atoms with van der Waals surface area (Å²) in [6.07, 6.45) is 3.12. The molecule has 11 heteroatoms.